The van der Waals surface area contributed by atoms with E-state index in [0.717, 1.165) is 49.0 Å². The van der Waals surface area contributed by atoms with E-state index in [4.69, 9.17) is 11.1 Å². The lowest BCUT2D eigenvalue weighted by Gasteiger charge is -2.38. The number of rotatable bonds is 2. The lowest BCUT2D eigenvalue weighted by Crippen LogP contribution is -2.48. The second kappa shape index (κ2) is 7.14. The highest BCUT2D eigenvalue weighted by atomic mass is 32.2. The Hall–Kier alpha value is -2.19. The Kier molecular flexibility index (Phi) is 4.96. The van der Waals surface area contributed by atoms with E-state index in [-0.39, 0.29) is 11.2 Å². The van der Waals surface area contributed by atoms with Crippen LogP contribution in [0.1, 0.15) is 18.5 Å². The molecule has 3 N–H and O–H groups in total. The first-order valence-corrected chi connectivity index (χ1v) is 8.62. The fraction of sp³-hybridized carbons (Fsp3) is 0.375. The third-order valence-electron chi connectivity index (χ3n) is 4.32. The molecule has 1 saturated heterocycles. The molecule has 7 nitrogen and oxygen atoms in total. The molecule has 0 bridgehead atoms. The first kappa shape index (κ1) is 16.7. The average Bonchev–Trinajstić information content (AvgIpc) is 2.60. The predicted molar refractivity (Wildman–Crippen MR) is 96.0 cm³/mol. The van der Waals surface area contributed by atoms with E-state index in [1.807, 2.05) is 11.0 Å². The van der Waals surface area contributed by atoms with Crippen LogP contribution < -0.4 is 5.73 Å². The van der Waals surface area contributed by atoms with Crippen LogP contribution >= 0.6 is 11.8 Å². The van der Waals surface area contributed by atoms with Crippen LogP contribution in [0.3, 0.4) is 0 Å². The fourth-order valence-electron chi connectivity index (χ4n) is 2.92. The largest absolute Gasteiger partial charge is 0.360 e. The van der Waals surface area contributed by atoms with Crippen molar-refractivity contribution in [3.8, 4) is 0 Å². The van der Waals surface area contributed by atoms with Crippen molar-refractivity contribution in [2.75, 3.05) is 26.2 Å². The lowest BCUT2D eigenvalue weighted by molar-refractivity contribution is 0.142. The van der Waals surface area contributed by atoms with E-state index in [2.05, 4.69) is 33.9 Å². The molecule has 1 aromatic carbocycles. The monoisotopic (exact) mass is 344 g/mol. The summed E-state index contributed by atoms with van der Waals surface area (Å²) in [4.78, 5) is 23.8. The number of thioether (sulfide) groups is 1. The number of carbonyl (C=O) groups excluding carboxylic acids is 1. The maximum absolute atomic E-state index is 10.9. The van der Waals surface area contributed by atoms with Gasteiger partial charge in [0.05, 0.1) is 11.0 Å². The molecule has 1 amide bonds. The number of benzene rings is 1. The molecule has 0 aliphatic carbocycles. The van der Waals surface area contributed by atoms with Gasteiger partial charge in [0.25, 0.3) is 5.24 Å². The summed E-state index contributed by atoms with van der Waals surface area (Å²) in [6, 6.07) is 6.45. The minimum absolute atomic E-state index is 0.232. The predicted octanol–water partition coefficient (Wildman–Crippen LogP) is 2.06. The summed E-state index contributed by atoms with van der Waals surface area (Å²) in [5.74, 6) is 0. The summed E-state index contributed by atoms with van der Waals surface area (Å²) in [6.45, 7) is 5.28. The summed E-state index contributed by atoms with van der Waals surface area (Å²) in [5, 5.41) is 7.59. The molecule has 126 valence electrons. The van der Waals surface area contributed by atoms with Crippen molar-refractivity contribution in [1.29, 1.82) is 5.41 Å². The number of amides is 1. The molecule has 1 atom stereocenters. The number of nitrogens with one attached hydrogen (secondary N) is 1. The molecule has 2 aromatic rings. The van der Waals surface area contributed by atoms with Gasteiger partial charge in [-0.2, -0.15) is 0 Å². The molecular weight excluding hydrogens is 324 g/mol. The van der Waals surface area contributed by atoms with Crippen LogP contribution in [0.4, 0.5) is 4.79 Å². The number of amidine groups is 1. The molecule has 8 heteroatoms. The van der Waals surface area contributed by atoms with Gasteiger partial charge >= 0.3 is 0 Å². The first-order chi connectivity index (χ1) is 11.5. The van der Waals surface area contributed by atoms with Gasteiger partial charge in [0.15, 0.2) is 5.17 Å². The second-order valence-electron chi connectivity index (χ2n) is 5.73. The molecule has 1 unspecified atom stereocenters. The summed E-state index contributed by atoms with van der Waals surface area (Å²) in [6.07, 6.45) is 3.40. The minimum Gasteiger partial charge on any atom is -0.360 e. The van der Waals surface area contributed by atoms with Crippen LogP contribution in [0, 0.1) is 5.41 Å². The summed E-state index contributed by atoms with van der Waals surface area (Å²) in [7, 11) is 0. The van der Waals surface area contributed by atoms with E-state index in [1.165, 1.54) is 5.56 Å². The van der Waals surface area contributed by atoms with Crippen LogP contribution in [0.5, 0.6) is 0 Å². The highest BCUT2D eigenvalue weighted by Gasteiger charge is 2.24. The molecular formula is C16H20N6OS. The molecule has 1 aliphatic rings. The quantitative estimate of drug-likeness (QED) is 0.639. The molecule has 0 radical (unpaired) electrons. The molecule has 0 saturated carbocycles. The zero-order valence-electron chi connectivity index (χ0n) is 13.5. The van der Waals surface area contributed by atoms with Gasteiger partial charge in [-0.25, -0.2) is 0 Å². The molecule has 2 heterocycles. The Morgan fingerprint density at radius 2 is 1.88 bits per heavy atom. The van der Waals surface area contributed by atoms with Crippen molar-refractivity contribution in [2.24, 2.45) is 5.73 Å². The van der Waals surface area contributed by atoms with Crippen LogP contribution in [0.25, 0.3) is 11.0 Å². The number of nitrogens with two attached hydrogens (primary N) is 1. The fourth-order valence-corrected chi connectivity index (χ4v) is 3.43. The summed E-state index contributed by atoms with van der Waals surface area (Å²) >= 11 is 0.783. The Labute approximate surface area is 144 Å². The van der Waals surface area contributed by atoms with Crippen LogP contribution in [0.15, 0.2) is 30.6 Å². The number of hydrogen-bond donors (Lipinski definition) is 2. The first-order valence-electron chi connectivity index (χ1n) is 7.80. The highest BCUT2D eigenvalue weighted by molar-refractivity contribution is 8.26. The Morgan fingerprint density at radius 1 is 1.21 bits per heavy atom. The van der Waals surface area contributed by atoms with Crippen LogP contribution in [-0.2, 0) is 0 Å². The SMILES string of the molecule is CC(c1ccc2nccnc2c1)N1CCN(C(=N)SC(N)=O)CC1. The average molecular weight is 344 g/mol. The maximum atomic E-state index is 10.9. The van der Waals surface area contributed by atoms with Crippen LogP contribution in [-0.4, -0.2) is 56.4 Å². The lowest BCUT2D eigenvalue weighted by atomic mass is 10.1. The molecule has 3 rings (SSSR count). The molecule has 1 fully saturated rings. The van der Waals surface area contributed by atoms with E-state index >= 15 is 0 Å². The van der Waals surface area contributed by atoms with Gasteiger partial charge in [-0.3, -0.25) is 25.1 Å². The van der Waals surface area contributed by atoms with Gasteiger partial charge in [-0.05, 0) is 24.6 Å². The number of nitrogens with zero attached hydrogens (tertiary/aromatic N) is 4. The highest BCUT2D eigenvalue weighted by Crippen LogP contribution is 2.24. The number of primary amides is 1. The van der Waals surface area contributed by atoms with Crippen molar-refractivity contribution >= 4 is 33.2 Å². The summed E-state index contributed by atoms with van der Waals surface area (Å²) < 4.78 is 0. The van der Waals surface area contributed by atoms with E-state index in [0.29, 0.717) is 0 Å². The summed E-state index contributed by atoms with van der Waals surface area (Å²) in [5.41, 5.74) is 8.14. The number of aromatic nitrogens is 2. The molecule has 1 aromatic heterocycles. The van der Waals surface area contributed by atoms with E-state index < -0.39 is 5.24 Å². The van der Waals surface area contributed by atoms with E-state index in [1.54, 1.807) is 12.4 Å². The second-order valence-corrected chi connectivity index (χ2v) is 6.72. The third kappa shape index (κ3) is 3.65. The van der Waals surface area contributed by atoms with E-state index in [9.17, 15) is 4.79 Å². The number of hydrogen-bond acceptors (Lipinski definition) is 6. The van der Waals surface area contributed by atoms with Crippen molar-refractivity contribution in [3.05, 3.63) is 36.2 Å². The van der Waals surface area contributed by atoms with Gasteiger partial charge in [-0.1, -0.05) is 6.07 Å². The molecule has 1 aliphatic heterocycles. The smallest absolute Gasteiger partial charge is 0.284 e. The van der Waals surface area contributed by atoms with Crippen LogP contribution in [0.2, 0.25) is 0 Å². The van der Waals surface area contributed by atoms with Gasteiger partial charge < -0.3 is 10.6 Å². The van der Waals surface area contributed by atoms with Crippen molar-refractivity contribution in [2.45, 2.75) is 13.0 Å². The van der Waals surface area contributed by atoms with Crippen molar-refractivity contribution < 1.29 is 4.79 Å². The van der Waals surface area contributed by atoms with Gasteiger partial charge in [0, 0.05) is 56.4 Å². The number of fused-ring (bicyclic) bond motifs is 1. The Bertz CT molecular complexity index is 759. The minimum atomic E-state index is -0.534. The number of piperazine rings is 1. The topological polar surface area (TPSA) is 99.2 Å². The zero-order valence-corrected chi connectivity index (χ0v) is 14.3. The van der Waals surface area contributed by atoms with Crippen molar-refractivity contribution in [3.63, 3.8) is 0 Å². The van der Waals surface area contributed by atoms with Gasteiger partial charge in [0.1, 0.15) is 0 Å². The third-order valence-corrected chi connectivity index (χ3v) is 4.97. The molecule has 24 heavy (non-hydrogen) atoms. The van der Waals surface area contributed by atoms with Crippen molar-refractivity contribution in [1.82, 2.24) is 19.8 Å². The standard InChI is InChI=1S/C16H20N6OS/c1-11(12-2-3-13-14(10-12)20-5-4-19-13)21-6-8-22(9-7-21)15(17)24-16(18)23/h2-5,10-11,17H,6-9H2,1H3,(H2,18,23). The van der Waals surface area contributed by atoms with Gasteiger partial charge in [0.2, 0.25) is 0 Å². The Morgan fingerprint density at radius 3 is 2.54 bits per heavy atom. The zero-order chi connectivity index (χ0) is 17.1. The maximum Gasteiger partial charge on any atom is 0.284 e. The van der Waals surface area contributed by atoms with Gasteiger partial charge in [-0.15, -0.1) is 0 Å². The number of carbonyl (C=O) groups is 1. The Balaban J connectivity index is 1.64. The normalized spacial score (nSPS) is 17.0. The molecule has 0 spiro atoms.